The number of aromatic nitrogens is 1. The van der Waals surface area contributed by atoms with Gasteiger partial charge in [0.1, 0.15) is 0 Å². The van der Waals surface area contributed by atoms with Crippen molar-refractivity contribution in [2.45, 2.75) is 18.6 Å². The van der Waals surface area contributed by atoms with Crippen LogP contribution in [0.5, 0.6) is 0 Å². The zero-order chi connectivity index (χ0) is 20.8. The Bertz CT molecular complexity index is 1210. The molecule has 3 aromatic rings. The van der Waals surface area contributed by atoms with Crippen molar-refractivity contribution in [2.24, 2.45) is 12.2 Å². The summed E-state index contributed by atoms with van der Waals surface area (Å²) in [6.07, 6.45) is 3.27. The first-order chi connectivity index (χ1) is 13.7. The first-order valence-electron chi connectivity index (χ1n) is 9.27. The van der Waals surface area contributed by atoms with E-state index in [0.717, 1.165) is 16.5 Å². The molecule has 0 spiro atoms. The fraction of sp³-hybridized carbons (Fsp3) is 0.238. The third-order valence-corrected chi connectivity index (χ3v) is 5.95. The molecule has 1 aliphatic heterocycles. The van der Waals surface area contributed by atoms with Gasteiger partial charge in [-0.05, 0) is 48.2 Å². The van der Waals surface area contributed by atoms with Gasteiger partial charge in [0, 0.05) is 30.7 Å². The van der Waals surface area contributed by atoms with Crippen molar-refractivity contribution >= 4 is 32.7 Å². The van der Waals surface area contributed by atoms with Crippen LogP contribution >= 0.6 is 0 Å². The summed E-state index contributed by atoms with van der Waals surface area (Å²) in [5.41, 5.74) is 3.56. The maximum absolute atomic E-state index is 12.5. The first-order valence-corrected chi connectivity index (χ1v) is 11.0. The van der Waals surface area contributed by atoms with Gasteiger partial charge in [-0.25, -0.2) is 13.6 Å². The quantitative estimate of drug-likeness (QED) is 0.628. The number of carbonyl (C=O) groups is 2. The zero-order valence-electron chi connectivity index (χ0n) is 16.0. The van der Waals surface area contributed by atoms with Crippen molar-refractivity contribution in [2.75, 3.05) is 6.54 Å². The Hall–Kier alpha value is -2.97. The monoisotopic (exact) mass is 411 g/mol. The molecule has 4 rings (SSSR count). The van der Waals surface area contributed by atoms with Crippen LogP contribution in [0.25, 0.3) is 10.9 Å². The minimum Gasteiger partial charge on any atom is -0.350 e. The summed E-state index contributed by atoms with van der Waals surface area (Å²) in [7, 11) is -1.68. The Morgan fingerprint density at radius 1 is 1.00 bits per heavy atom. The molecule has 0 aliphatic carbocycles. The molecule has 2 N–H and O–H groups in total. The third kappa shape index (κ3) is 3.68. The van der Waals surface area contributed by atoms with Crippen LogP contribution in [-0.4, -0.2) is 36.2 Å². The Balaban J connectivity index is 1.51. The Morgan fingerprint density at radius 3 is 2.28 bits per heavy atom. The highest BCUT2D eigenvalue weighted by molar-refractivity contribution is 7.88. The second-order valence-corrected chi connectivity index (χ2v) is 8.95. The summed E-state index contributed by atoms with van der Waals surface area (Å²) in [4.78, 5) is 26.2. The number of benzene rings is 2. The minimum atomic E-state index is -3.61. The molecular formula is C21H21N3O4S. The van der Waals surface area contributed by atoms with E-state index < -0.39 is 10.0 Å². The number of nitrogens with two attached hydrogens (primary N) is 1. The number of amides is 2. The van der Waals surface area contributed by atoms with Crippen molar-refractivity contribution in [3.05, 3.63) is 70.9 Å². The van der Waals surface area contributed by atoms with Crippen molar-refractivity contribution in [3.8, 4) is 0 Å². The van der Waals surface area contributed by atoms with Crippen LogP contribution in [0.3, 0.4) is 0 Å². The highest BCUT2D eigenvalue weighted by atomic mass is 32.2. The second kappa shape index (κ2) is 7.13. The minimum absolute atomic E-state index is 0.216. The van der Waals surface area contributed by atoms with Gasteiger partial charge in [-0.3, -0.25) is 14.5 Å². The number of hydrogen-bond acceptors (Lipinski definition) is 4. The van der Waals surface area contributed by atoms with Crippen LogP contribution in [0.15, 0.2) is 48.7 Å². The average Bonchev–Trinajstić information content (AvgIpc) is 3.10. The zero-order valence-corrected chi connectivity index (χ0v) is 16.8. The van der Waals surface area contributed by atoms with Crippen LogP contribution < -0.4 is 5.14 Å². The summed E-state index contributed by atoms with van der Waals surface area (Å²) in [5, 5.41) is 6.12. The van der Waals surface area contributed by atoms with Gasteiger partial charge in [0.25, 0.3) is 11.8 Å². The molecule has 0 unspecified atom stereocenters. The van der Waals surface area contributed by atoms with E-state index in [0.29, 0.717) is 36.1 Å². The van der Waals surface area contributed by atoms with E-state index in [9.17, 15) is 18.0 Å². The molecule has 0 atom stereocenters. The summed E-state index contributed by atoms with van der Waals surface area (Å²) in [6, 6.07) is 12.3. The third-order valence-electron chi connectivity index (χ3n) is 5.21. The van der Waals surface area contributed by atoms with Gasteiger partial charge in [0.2, 0.25) is 10.0 Å². The summed E-state index contributed by atoms with van der Waals surface area (Å²) in [5.74, 6) is -0.718. The molecule has 0 saturated carbocycles. The summed E-state index contributed by atoms with van der Waals surface area (Å²) < 4.78 is 24.8. The van der Waals surface area contributed by atoms with E-state index >= 15 is 0 Å². The maximum Gasteiger partial charge on any atom is 0.261 e. The summed E-state index contributed by atoms with van der Waals surface area (Å²) >= 11 is 0. The predicted octanol–water partition coefficient (Wildman–Crippen LogP) is 2.20. The molecule has 0 bridgehead atoms. The fourth-order valence-electron chi connectivity index (χ4n) is 3.91. The molecule has 1 aromatic heterocycles. The highest BCUT2D eigenvalue weighted by Crippen LogP contribution is 2.26. The largest absolute Gasteiger partial charge is 0.350 e. The number of imide groups is 1. The molecule has 150 valence electrons. The van der Waals surface area contributed by atoms with E-state index in [1.54, 1.807) is 30.3 Å². The molecule has 0 saturated heterocycles. The molecule has 0 fully saturated rings. The number of nitrogens with zero attached hydrogens (tertiary/aromatic N) is 2. The molecule has 2 aromatic carbocycles. The Morgan fingerprint density at radius 2 is 1.66 bits per heavy atom. The van der Waals surface area contributed by atoms with Crippen LogP contribution in [-0.2, 0) is 29.2 Å². The maximum atomic E-state index is 12.5. The molecular weight excluding hydrogens is 390 g/mol. The van der Waals surface area contributed by atoms with Gasteiger partial charge in [-0.1, -0.05) is 18.2 Å². The normalized spacial score (nSPS) is 14.1. The second-order valence-electron chi connectivity index (χ2n) is 7.34. The van der Waals surface area contributed by atoms with Crippen LogP contribution in [0.1, 0.15) is 38.3 Å². The van der Waals surface area contributed by atoms with Crippen LogP contribution in [0.4, 0.5) is 0 Å². The van der Waals surface area contributed by atoms with Gasteiger partial charge < -0.3 is 4.57 Å². The van der Waals surface area contributed by atoms with E-state index in [1.165, 1.54) is 4.90 Å². The Labute approximate surface area is 168 Å². The average molecular weight is 411 g/mol. The van der Waals surface area contributed by atoms with Gasteiger partial charge in [-0.15, -0.1) is 0 Å². The highest BCUT2D eigenvalue weighted by Gasteiger charge is 2.34. The fourth-order valence-corrected chi connectivity index (χ4v) is 4.56. The lowest BCUT2D eigenvalue weighted by molar-refractivity contribution is 0.0652. The topological polar surface area (TPSA) is 102 Å². The number of hydrogen-bond donors (Lipinski definition) is 1. The van der Waals surface area contributed by atoms with Crippen molar-refractivity contribution in [3.63, 3.8) is 0 Å². The summed E-state index contributed by atoms with van der Waals surface area (Å²) in [6.45, 7) is 0.333. The number of rotatable bonds is 6. The van der Waals surface area contributed by atoms with E-state index in [1.807, 2.05) is 29.9 Å². The van der Waals surface area contributed by atoms with Gasteiger partial charge >= 0.3 is 0 Å². The van der Waals surface area contributed by atoms with Crippen LogP contribution in [0, 0.1) is 0 Å². The SMILES string of the molecule is Cn1cc(CCCN2C(=O)c3ccccc3C2=O)c2cc(CS(N)(=O)=O)ccc21. The molecule has 7 nitrogen and oxygen atoms in total. The van der Waals surface area contributed by atoms with E-state index in [4.69, 9.17) is 5.14 Å². The van der Waals surface area contributed by atoms with Crippen LogP contribution in [0.2, 0.25) is 0 Å². The molecule has 0 radical (unpaired) electrons. The lowest BCUT2D eigenvalue weighted by Gasteiger charge is -2.13. The lowest BCUT2D eigenvalue weighted by atomic mass is 10.1. The van der Waals surface area contributed by atoms with Crippen molar-refractivity contribution < 1.29 is 18.0 Å². The first kappa shape index (κ1) is 19.4. The lowest BCUT2D eigenvalue weighted by Crippen LogP contribution is -2.30. The molecule has 1 aliphatic rings. The number of fused-ring (bicyclic) bond motifs is 2. The van der Waals surface area contributed by atoms with Crippen molar-refractivity contribution in [1.82, 2.24) is 9.47 Å². The molecule has 2 heterocycles. The van der Waals surface area contributed by atoms with Crippen molar-refractivity contribution in [1.29, 1.82) is 0 Å². The molecule has 8 heteroatoms. The molecule has 29 heavy (non-hydrogen) atoms. The van der Waals surface area contributed by atoms with Gasteiger partial charge in [-0.2, -0.15) is 0 Å². The number of primary sulfonamides is 1. The van der Waals surface area contributed by atoms with E-state index in [-0.39, 0.29) is 17.6 Å². The number of aryl methyl sites for hydroxylation is 2. The standard InChI is InChI=1S/C21H21N3O4S/c1-23-12-15(18-11-14(8-9-19(18)23)13-29(22,27)28)5-4-10-24-20(25)16-6-2-3-7-17(16)21(24)26/h2-3,6-9,11-12H,4-5,10,13H2,1H3,(H2,22,27,28). The predicted molar refractivity (Wildman–Crippen MR) is 110 cm³/mol. The van der Waals surface area contributed by atoms with Gasteiger partial charge in [0.15, 0.2) is 0 Å². The smallest absolute Gasteiger partial charge is 0.261 e. The van der Waals surface area contributed by atoms with E-state index in [2.05, 4.69) is 0 Å². The van der Waals surface area contributed by atoms with Gasteiger partial charge in [0.05, 0.1) is 16.9 Å². The Kier molecular flexibility index (Phi) is 4.76. The number of carbonyl (C=O) groups excluding carboxylic acids is 2. The number of sulfonamides is 1. The molecule has 2 amide bonds.